The summed E-state index contributed by atoms with van der Waals surface area (Å²) in [5.74, 6) is 2.32. The summed E-state index contributed by atoms with van der Waals surface area (Å²) < 4.78 is 17.4. The molecular weight excluding hydrogens is 398 g/mol. The monoisotopic (exact) mass is 433 g/mol. The maximum absolute atomic E-state index is 5.97. The van der Waals surface area contributed by atoms with Gasteiger partial charge in [0.1, 0.15) is 11.4 Å². The smallest absolute Gasteiger partial charge is 0.161 e. The minimum Gasteiger partial charge on any atom is -0.493 e. The third-order valence-electron chi connectivity index (χ3n) is 5.39. The summed E-state index contributed by atoms with van der Waals surface area (Å²) in [6, 6.07) is 16.1. The molecule has 3 rings (SSSR count). The van der Waals surface area contributed by atoms with Crippen molar-refractivity contribution in [3.63, 3.8) is 0 Å². The van der Waals surface area contributed by atoms with Crippen molar-refractivity contribution in [3.8, 4) is 17.2 Å². The number of ether oxygens (including phenoxy) is 3. The lowest BCUT2D eigenvalue weighted by Gasteiger charge is -2.11. The zero-order chi connectivity index (χ0) is 22.6. The Labute approximate surface area is 192 Å². The highest BCUT2D eigenvalue weighted by Gasteiger charge is 2.07. The van der Waals surface area contributed by atoms with Gasteiger partial charge < -0.3 is 14.2 Å². The van der Waals surface area contributed by atoms with Gasteiger partial charge in [-0.3, -0.25) is 0 Å². The lowest BCUT2D eigenvalue weighted by Crippen LogP contribution is -1.99. The van der Waals surface area contributed by atoms with Crippen LogP contribution in [0.25, 0.3) is 23.1 Å². The molecule has 3 aromatic rings. The van der Waals surface area contributed by atoms with Crippen LogP contribution in [0.15, 0.2) is 48.5 Å². The quantitative estimate of drug-likeness (QED) is 0.261. The molecular formula is C28H35NO3. The van der Waals surface area contributed by atoms with Crippen molar-refractivity contribution < 1.29 is 14.2 Å². The number of aromatic nitrogens is 1. The average Bonchev–Trinajstić information content (AvgIpc) is 2.82. The first-order chi connectivity index (χ1) is 15.7. The Hall–Kier alpha value is -3.01. The number of hydrogen-bond donors (Lipinski definition) is 0. The van der Waals surface area contributed by atoms with Gasteiger partial charge in [-0.25, -0.2) is 4.98 Å². The van der Waals surface area contributed by atoms with Gasteiger partial charge in [0.25, 0.3) is 0 Å². The number of fused-ring (bicyclic) bond motifs is 1. The predicted molar refractivity (Wildman–Crippen MR) is 134 cm³/mol. The van der Waals surface area contributed by atoms with Gasteiger partial charge in [-0.15, -0.1) is 0 Å². The molecule has 0 aliphatic heterocycles. The number of para-hydroxylation sites is 1. The molecule has 4 heteroatoms. The van der Waals surface area contributed by atoms with Gasteiger partial charge >= 0.3 is 0 Å². The lowest BCUT2D eigenvalue weighted by atomic mass is 10.1. The molecule has 0 atom stereocenters. The Kier molecular flexibility index (Phi) is 9.42. The molecule has 2 aromatic carbocycles. The van der Waals surface area contributed by atoms with Crippen LogP contribution >= 0.6 is 0 Å². The van der Waals surface area contributed by atoms with E-state index in [2.05, 4.69) is 6.92 Å². The van der Waals surface area contributed by atoms with E-state index in [-0.39, 0.29) is 0 Å². The molecule has 1 heterocycles. The fourth-order valence-corrected chi connectivity index (χ4v) is 3.65. The summed E-state index contributed by atoms with van der Waals surface area (Å²) in [7, 11) is 1.68. The first-order valence-corrected chi connectivity index (χ1v) is 11.8. The van der Waals surface area contributed by atoms with E-state index in [1.165, 1.54) is 32.1 Å². The van der Waals surface area contributed by atoms with Crippen LogP contribution in [0.1, 0.15) is 63.6 Å². The number of rotatable bonds is 13. The van der Waals surface area contributed by atoms with E-state index in [4.69, 9.17) is 19.2 Å². The average molecular weight is 434 g/mol. The van der Waals surface area contributed by atoms with Gasteiger partial charge in [0.15, 0.2) is 11.5 Å². The molecule has 0 saturated heterocycles. The first kappa shape index (κ1) is 23.6. The van der Waals surface area contributed by atoms with Crippen LogP contribution in [0, 0.1) is 0 Å². The minimum atomic E-state index is 0.597. The van der Waals surface area contributed by atoms with Crippen molar-refractivity contribution in [2.45, 2.75) is 52.4 Å². The molecule has 32 heavy (non-hydrogen) atoms. The van der Waals surface area contributed by atoms with E-state index in [0.717, 1.165) is 52.4 Å². The third-order valence-corrected chi connectivity index (χ3v) is 5.39. The number of hydrogen-bond acceptors (Lipinski definition) is 4. The topological polar surface area (TPSA) is 40.6 Å². The van der Waals surface area contributed by atoms with E-state index in [1.54, 1.807) is 7.11 Å². The SMILES string of the molecule is CCCCCCCCOc1ccc(/C=C/c2nc3ccccc3cc2OCC)cc1OC. The Morgan fingerprint density at radius 2 is 1.59 bits per heavy atom. The highest BCUT2D eigenvalue weighted by molar-refractivity contribution is 5.83. The summed E-state index contributed by atoms with van der Waals surface area (Å²) >= 11 is 0. The van der Waals surface area contributed by atoms with Crippen LogP contribution in [-0.2, 0) is 0 Å². The zero-order valence-electron chi connectivity index (χ0n) is 19.6. The fraction of sp³-hybridized carbons (Fsp3) is 0.393. The summed E-state index contributed by atoms with van der Waals surface area (Å²) in [4.78, 5) is 4.78. The van der Waals surface area contributed by atoms with Gasteiger partial charge in [-0.1, -0.05) is 69.4 Å². The van der Waals surface area contributed by atoms with Gasteiger partial charge in [0, 0.05) is 5.39 Å². The molecule has 0 radical (unpaired) electrons. The van der Waals surface area contributed by atoms with Gasteiger partial charge in [0.05, 0.1) is 25.8 Å². The summed E-state index contributed by atoms with van der Waals surface area (Å²) in [6.07, 6.45) is 11.5. The van der Waals surface area contributed by atoms with Crippen LogP contribution in [0.3, 0.4) is 0 Å². The first-order valence-electron chi connectivity index (χ1n) is 11.8. The Bertz CT molecular complexity index is 1010. The number of benzene rings is 2. The molecule has 170 valence electrons. The standard InChI is InChI=1S/C28H35NO3/c1-4-6-7-8-9-12-19-32-26-18-16-22(20-28(26)30-3)15-17-25-27(31-5-2)21-23-13-10-11-14-24(23)29-25/h10-11,13-18,20-21H,4-9,12,19H2,1-3H3/b17-15+. The van der Waals surface area contributed by atoms with Crippen LogP contribution in [0.2, 0.25) is 0 Å². The molecule has 0 unspecified atom stereocenters. The van der Waals surface area contributed by atoms with E-state index in [0.29, 0.717) is 6.61 Å². The van der Waals surface area contributed by atoms with Crippen molar-refractivity contribution >= 4 is 23.1 Å². The van der Waals surface area contributed by atoms with Crippen molar-refractivity contribution in [3.05, 3.63) is 59.8 Å². The molecule has 1 aromatic heterocycles. The highest BCUT2D eigenvalue weighted by Crippen LogP contribution is 2.30. The second-order valence-corrected chi connectivity index (χ2v) is 7.86. The molecule has 0 spiro atoms. The molecule has 0 bridgehead atoms. The van der Waals surface area contributed by atoms with E-state index < -0.39 is 0 Å². The van der Waals surface area contributed by atoms with E-state index in [9.17, 15) is 0 Å². The highest BCUT2D eigenvalue weighted by atomic mass is 16.5. The number of nitrogens with zero attached hydrogens (tertiary/aromatic N) is 1. The second-order valence-electron chi connectivity index (χ2n) is 7.86. The van der Waals surface area contributed by atoms with Crippen LogP contribution < -0.4 is 14.2 Å². The fourth-order valence-electron chi connectivity index (χ4n) is 3.65. The van der Waals surface area contributed by atoms with Crippen LogP contribution in [0.4, 0.5) is 0 Å². The number of unbranched alkanes of at least 4 members (excludes halogenated alkanes) is 5. The van der Waals surface area contributed by atoms with Crippen molar-refractivity contribution in [1.29, 1.82) is 0 Å². The lowest BCUT2D eigenvalue weighted by molar-refractivity contribution is 0.284. The van der Waals surface area contributed by atoms with Crippen molar-refractivity contribution in [1.82, 2.24) is 4.98 Å². The van der Waals surface area contributed by atoms with Crippen LogP contribution in [-0.4, -0.2) is 25.3 Å². The Balaban J connectivity index is 1.67. The summed E-state index contributed by atoms with van der Waals surface area (Å²) in [5, 5.41) is 1.07. The number of methoxy groups -OCH3 is 1. The number of pyridine rings is 1. The summed E-state index contributed by atoms with van der Waals surface area (Å²) in [5.41, 5.74) is 2.78. The van der Waals surface area contributed by atoms with E-state index in [1.807, 2.05) is 67.6 Å². The zero-order valence-corrected chi connectivity index (χ0v) is 19.6. The normalized spacial score (nSPS) is 11.2. The molecule has 0 amide bonds. The van der Waals surface area contributed by atoms with Crippen molar-refractivity contribution in [2.24, 2.45) is 0 Å². The molecule has 4 nitrogen and oxygen atoms in total. The minimum absolute atomic E-state index is 0.597. The second kappa shape index (κ2) is 12.7. The Morgan fingerprint density at radius 3 is 2.41 bits per heavy atom. The largest absolute Gasteiger partial charge is 0.493 e. The molecule has 0 aliphatic carbocycles. The molecule has 0 aliphatic rings. The Morgan fingerprint density at radius 1 is 0.781 bits per heavy atom. The third kappa shape index (κ3) is 6.74. The molecule has 0 saturated carbocycles. The summed E-state index contributed by atoms with van der Waals surface area (Å²) in [6.45, 7) is 5.54. The predicted octanol–water partition coefficient (Wildman–Crippen LogP) is 7.55. The van der Waals surface area contributed by atoms with Crippen LogP contribution in [0.5, 0.6) is 17.2 Å². The van der Waals surface area contributed by atoms with Gasteiger partial charge in [0.2, 0.25) is 0 Å². The molecule has 0 N–H and O–H groups in total. The molecule has 0 fully saturated rings. The van der Waals surface area contributed by atoms with Crippen molar-refractivity contribution in [2.75, 3.05) is 20.3 Å². The maximum atomic E-state index is 5.97. The van der Waals surface area contributed by atoms with Gasteiger partial charge in [-0.05, 0) is 49.2 Å². The van der Waals surface area contributed by atoms with Gasteiger partial charge in [-0.2, -0.15) is 0 Å². The van der Waals surface area contributed by atoms with E-state index >= 15 is 0 Å². The maximum Gasteiger partial charge on any atom is 0.161 e.